The quantitative estimate of drug-likeness (QED) is 0.330. The third kappa shape index (κ3) is 15.1. The summed E-state index contributed by atoms with van der Waals surface area (Å²) in [6.07, 6.45) is 0. The van der Waals surface area contributed by atoms with Gasteiger partial charge in [-0.1, -0.05) is 20.4 Å². The maximum Gasteiger partial charge on any atom is 0.631 e. The number of likely N-dealkylation sites (N-methyl/N-ethyl adjacent to an activating group) is 1. The highest BCUT2D eigenvalue weighted by Crippen LogP contribution is 1.93. The van der Waals surface area contributed by atoms with E-state index in [0.717, 1.165) is 19.6 Å². The number of hydrogen-bond donors (Lipinski definition) is 3. The van der Waals surface area contributed by atoms with Crippen LogP contribution in [0.5, 0.6) is 0 Å². The van der Waals surface area contributed by atoms with Gasteiger partial charge in [0.1, 0.15) is 6.61 Å². The first kappa shape index (κ1) is 18.5. The monoisotopic (exact) mass is 247 g/mol. The van der Waals surface area contributed by atoms with Crippen molar-refractivity contribution in [3.8, 4) is 0 Å². The van der Waals surface area contributed by atoms with Gasteiger partial charge in [0.25, 0.3) is 0 Å². The van der Waals surface area contributed by atoms with Crippen LogP contribution in [0.3, 0.4) is 0 Å². The molecule has 0 aliphatic carbocycles. The Kier molecular flexibility index (Phi) is 12.6. The minimum atomic E-state index is -2.17. The van der Waals surface area contributed by atoms with E-state index in [1.165, 1.54) is 0 Å². The summed E-state index contributed by atoms with van der Waals surface area (Å²) in [6.45, 7) is 12.6. The zero-order valence-corrected chi connectivity index (χ0v) is 10.7. The third-order valence-electron chi connectivity index (χ3n) is 1.88. The van der Waals surface area contributed by atoms with Crippen molar-refractivity contribution in [1.82, 2.24) is 4.90 Å². The Balaban J connectivity index is 0. The van der Waals surface area contributed by atoms with Crippen molar-refractivity contribution in [3.05, 3.63) is 12.2 Å². The standard InChI is InChI=1S/C10H19NO2.BH3O3/c1-5-11(6-2)7-8-13-10(12)9(3)4;2-1(3)4/h3,5-8H2,1-2,4H3;2-4H. The van der Waals surface area contributed by atoms with E-state index in [1.54, 1.807) is 6.92 Å². The topological polar surface area (TPSA) is 90.2 Å². The molecule has 0 fully saturated rings. The molecule has 0 aromatic rings. The summed E-state index contributed by atoms with van der Waals surface area (Å²) in [6, 6.07) is 0. The lowest BCUT2D eigenvalue weighted by atomic mass is 10.3. The van der Waals surface area contributed by atoms with Gasteiger partial charge < -0.3 is 24.7 Å². The van der Waals surface area contributed by atoms with Gasteiger partial charge in [0.15, 0.2) is 0 Å². The molecule has 0 bridgehead atoms. The van der Waals surface area contributed by atoms with Gasteiger partial charge in [-0.25, -0.2) is 4.79 Å². The van der Waals surface area contributed by atoms with Crippen LogP contribution < -0.4 is 0 Å². The van der Waals surface area contributed by atoms with Crippen molar-refractivity contribution < 1.29 is 24.6 Å². The van der Waals surface area contributed by atoms with Crippen molar-refractivity contribution in [2.24, 2.45) is 0 Å². The number of nitrogens with zero attached hydrogens (tertiary/aromatic N) is 1. The lowest BCUT2D eigenvalue weighted by Gasteiger charge is -2.17. The molecule has 0 spiro atoms. The molecule has 7 heteroatoms. The fraction of sp³-hybridized carbons (Fsp3) is 0.700. The minimum absolute atomic E-state index is 0.299. The smallest absolute Gasteiger partial charge is 0.461 e. The Labute approximate surface area is 103 Å². The normalized spacial score (nSPS) is 9.35. The lowest BCUT2D eigenvalue weighted by Crippen LogP contribution is -2.27. The maximum absolute atomic E-state index is 11.0. The van der Waals surface area contributed by atoms with Gasteiger partial charge in [-0.2, -0.15) is 0 Å². The molecular weight excluding hydrogens is 225 g/mol. The molecule has 0 rings (SSSR count). The van der Waals surface area contributed by atoms with Crippen LogP contribution >= 0.6 is 0 Å². The summed E-state index contributed by atoms with van der Waals surface area (Å²) in [5, 5.41) is 21.5. The molecule has 6 nitrogen and oxygen atoms in total. The first-order valence-corrected chi connectivity index (χ1v) is 5.44. The fourth-order valence-corrected chi connectivity index (χ4v) is 0.930. The van der Waals surface area contributed by atoms with Crippen LogP contribution in [0.1, 0.15) is 20.8 Å². The fourth-order valence-electron chi connectivity index (χ4n) is 0.930. The first-order valence-electron chi connectivity index (χ1n) is 5.44. The van der Waals surface area contributed by atoms with Gasteiger partial charge in [0, 0.05) is 12.1 Å². The minimum Gasteiger partial charge on any atom is -0.461 e. The molecule has 0 aliphatic rings. The highest BCUT2D eigenvalue weighted by molar-refractivity contribution is 6.30. The van der Waals surface area contributed by atoms with Crippen LogP contribution in [0.25, 0.3) is 0 Å². The van der Waals surface area contributed by atoms with Crippen LogP contribution in [0, 0.1) is 0 Å². The lowest BCUT2D eigenvalue weighted by molar-refractivity contribution is -0.139. The van der Waals surface area contributed by atoms with E-state index in [4.69, 9.17) is 19.8 Å². The number of rotatable bonds is 6. The van der Waals surface area contributed by atoms with E-state index in [2.05, 4.69) is 25.3 Å². The summed E-state index contributed by atoms with van der Waals surface area (Å²) in [5.41, 5.74) is 0.458. The Morgan fingerprint density at radius 1 is 1.29 bits per heavy atom. The summed E-state index contributed by atoms with van der Waals surface area (Å²) in [4.78, 5) is 13.2. The molecule has 3 N–H and O–H groups in total. The second-order valence-electron chi connectivity index (χ2n) is 3.29. The van der Waals surface area contributed by atoms with E-state index in [9.17, 15) is 4.79 Å². The molecule has 0 heterocycles. The van der Waals surface area contributed by atoms with E-state index < -0.39 is 7.32 Å². The predicted molar refractivity (Wildman–Crippen MR) is 66.0 cm³/mol. The summed E-state index contributed by atoms with van der Waals surface area (Å²) < 4.78 is 4.96. The van der Waals surface area contributed by atoms with Gasteiger partial charge in [0.2, 0.25) is 0 Å². The van der Waals surface area contributed by atoms with Gasteiger partial charge in [-0.15, -0.1) is 0 Å². The molecule has 0 saturated carbocycles. The molecule has 0 aliphatic heterocycles. The molecule has 0 saturated heterocycles. The largest absolute Gasteiger partial charge is 0.631 e. The molecule has 0 aromatic carbocycles. The van der Waals surface area contributed by atoms with Crippen LogP contribution in [0.4, 0.5) is 0 Å². The second kappa shape index (κ2) is 11.6. The summed E-state index contributed by atoms with van der Waals surface area (Å²) in [7, 11) is -2.17. The van der Waals surface area contributed by atoms with Crippen molar-refractivity contribution in [2.45, 2.75) is 20.8 Å². The third-order valence-corrected chi connectivity index (χ3v) is 1.88. The molecule has 0 atom stereocenters. The maximum atomic E-state index is 11.0. The Bertz CT molecular complexity index is 216. The van der Waals surface area contributed by atoms with Crippen LogP contribution in [-0.4, -0.2) is 59.5 Å². The molecule has 0 aromatic heterocycles. The average Bonchev–Trinajstić information content (AvgIpc) is 2.23. The highest BCUT2D eigenvalue weighted by atomic mass is 16.5. The zero-order valence-electron chi connectivity index (χ0n) is 10.7. The number of hydrogen-bond acceptors (Lipinski definition) is 6. The van der Waals surface area contributed by atoms with Gasteiger partial charge in [-0.05, 0) is 20.0 Å². The van der Waals surface area contributed by atoms with Crippen molar-refractivity contribution in [2.75, 3.05) is 26.2 Å². The number of carbonyl (C=O) groups excluding carboxylic acids is 1. The molecular formula is C10H22BNO5. The van der Waals surface area contributed by atoms with Crippen molar-refractivity contribution in [3.63, 3.8) is 0 Å². The molecule has 0 unspecified atom stereocenters. The molecule has 0 radical (unpaired) electrons. The Morgan fingerprint density at radius 2 is 1.71 bits per heavy atom. The first-order chi connectivity index (χ1) is 7.84. The zero-order chi connectivity index (χ0) is 13.8. The summed E-state index contributed by atoms with van der Waals surface area (Å²) in [5.74, 6) is -0.299. The molecule has 100 valence electrons. The van der Waals surface area contributed by atoms with Crippen LogP contribution in [0.15, 0.2) is 12.2 Å². The Morgan fingerprint density at radius 3 is 2.00 bits per heavy atom. The van der Waals surface area contributed by atoms with E-state index >= 15 is 0 Å². The Hall–Kier alpha value is -0.885. The SMILES string of the molecule is C=C(C)C(=O)OCCN(CC)CC.OB(O)O. The highest BCUT2D eigenvalue weighted by Gasteiger charge is 2.04. The van der Waals surface area contributed by atoms with E-state index in [0.29, 0.717) is 12.2 Å². The van der Waals surface area contributed by atoms with Crippen LogP contribution in [0.2, 0.25) is 0 Å². The van der Waals surface area contributed by atoms with Gasteiger partial charge in [0.05, 0.1) is 0 Å². The number of esters is 1. The van der Waals surface area contributed by atoms with Crippen LogP contribution in [-0.2, 0) is 9.53 Å². The number of ether oxygens (including phenoxy) is 1. The molecule has 0 amide bonds. The van der Waals surface area contributed by atoms with Crippen molar-refractivity contribution >= 4 is 13.3 Å². The van der Waals surface area contributed by atoms with Crippen molar-refractivity contribution in [1.29, 1.82) is 0 Å². The van der Waals surface area contributed by atoms with E-state index in [-0.39, 0.29) is 5.97 Å². The van der Waals surface area contributed by atoms with Gasteiger partial charge in [-0.3, -0.25) is 0 Å². The summed E-state index contributed by atoms with van der Waals surface area (Å²) >= 11 is 0. The average molecular weight is 247 g/mol. The van der Waals surface area contributed by atoms with Gasteiger partial charge >= 0.3 is 13.3 Å². The number of carbonyl (C=O) groups is 1. The second-order valence-corrected chi connectivity index (χ2v) is 3.29. The van der Waals surface area contributed by atoms with E-state index in [1.807, 2.05) is 0 Å². The molecule has 17 heavy (non-hydrogen) atoms. The predicted octanol–water partition coefficient (Wildman–Crippen LogP) is -0.604.